The molecule has 10 aromatic carbocycles. The summed E-state index contributed by atoms with van der Waals surface area (Å²) >= 11 is 0. The molecule has 0 aliphatic carbocycles. The average molecular weight is 1010 g/mol. The molecule has 0 saturated carbocycles. The Balaban J connectivity index is 1.28. The van der Waals surface area contributed by atoms with Crippen LogP contribution < -0.4 is 0 Å². The number of nitriles is 1. The third kappa shape index (κ3) is 8.46. The predicted octanol–water partition coefficient (Wildman–Crippen LogP) is 19.4. The highest BCUT2D eigenvalue weighted by Gasteiger charge is 2.38. The molecule has 3 nitrogen and oxygen atoms in total. The SMILES string of the molecule is Cc1ccc(-c2ccc3c4ccc(-c5ccc(C)cc5)cc4n(-c4cc(C#N)cc(-n5c6cc(-c7ccc(C)cc7)ccc6c6ccc(-c7ccc(C)cc7)cc65)c4-c4cc(C(F)(F)F)cc(C(F)(F)F)c4)c3c2)cc1. The summed E-state index contributed by atoms with van der Waals surface area (Å²) in [7, 11) is 0. The van der Waals surface area contributed by atoms with Gasteiger partial charge in [-0.3, -0.25) is 0 Å². The number of alkyl halides is 6. The molecule has 0 fully saturated rings. The lowest BCUT2D eigenvalue weighted by Crippen LogP contribution is -2.12. The second-order valence-electron chi connectivity index (χ2n) is 19.9. The summed E-state index contributed by atoms with van der Waals surface area (Å²) in [6, 6.07) is 63.6. The van der Waals surface area contributed by atoms with Crippen LogP contribution in [0.4, 0.5) is 26.3 Å². The molecule has 0 spiro atoms. The van der Waals surface area contributed by atoms with Gasteiger partial charge in [0.05, 0.1) is 56.2 Å². The van der Waals surface area contributed by atoms with E-state index in [1.165, 1.54) is 0 Å². The lowest BCUT2D eigenvalue weighted by atomic mass is 9.94. The number of fused-ring (bicyclic) bond motifs is 6. The largest absolute Gasteiger partial charge is 0.416 e. The molecule has 0 saturated heterocycles. The molecule has 2 aromatic heterocycles. The van der Waals surface area contributed by atoms with Gasteiger partial charge in [-0.25, -0.2) is 0 Å². The summed E-state index contributed by atoms with van der Waals surface area (Å²) in [6.07, 6.45) is -10.3. The van der Waals surface area contributed by atoms with Crippen molar-refractivity contribution >= 4 is 43.6 Å². The van der Waals surface area contributed by atoms with E-state index >= 15 is 26.3 Å². The molecular formula is C67H45F6N3. The molecule has 76 heavy (non-hydrogen) atoms. The zero-order chi connectivity index (χ0) is 52.8. The standard InChI is InChI=1S/C67H45F6N3/c1-39-5-13-44(14-6-39)48-21-25-55-56-26-22-49(45-15-7-40(2)8-16-45)34-60(56)75(59(55)33-48)63-29-43(38-74)30-64(65(63)52-31-53(66(68,69)70)37-54(32-52)67(71,72)73)76-61-35-50(46-17-9-41(3)10-18-46)23-27-57(61)58-28-24-51(36-62(58)76)47-19-11-42(4)12-20-47/h5-37H,1-4H3. The Morgan fingerprint density at radius 3 is 0.829 bits per heavy atom. The Labute approximate surface area is 434 Å². The van der Waals surface area contributed by atoms with Crippen molar-refractivity contribution in [2.45, 2.75) is 40.0 Å². The topological polar surface area (TPSA) is 33.6 Å². The number of aromatic nitrogens is 2. The van der Waals surface area contributed by atoms with Gasteiger partial charge in [0.15, 0.2) is 0 Å². The Morgan fingerprint density at radius 1 is 0.316 bits per heavy atom. The number of aryl methyl sites for hydroxylation is 4. The van der Waals surface area contributed by atoms with Crippen LogP contribution in [0.1, 0.15) is 38.9 Å². The molecular weight excluding hydrogens is 961 g/mol. The highest BCUT2D eigenvalue weighted by atomic mass is 19.4. The van der Waals surface area contributed by atoms with E-state index in [1.807, 2.05) is 207 Å². The minimum Gasteiger partial charge on any atom is -0.308 e. The van der Waals surface area contributed by atoms with E-state index in [9.17, 15) is 5.26 Å². The minimum absolute atomic E-state index is 0.0520. The molecule has 0 aliphatic heterocycles. The van der Waals surface area contributed by atoms with Crippen LogP contribution in [0.25, 0.3) is 111 Å². The molecule has 0 unspecified atom stereocenters. The molecule has 12 rings (SSSR count). The van der Waals surface area contributed by atoms with Crippen molar-refractivity contribution in [3.05, 3.63) is 239 Å². The number of hydrogen-bond donors (Lipinski definition) is 0. The molecule has 0 radical (unpaired) electrons. The molecule has 0 atom stereocenters. The smallest absolute Gasteiger partial charge is 0.308 e. The Morgan fingerprint density at radius 2 is 0.579 bits per heavy atom. The van der Waals surface area contributed by atoms with Gasteiger partial charge in [-0.15, -0.1) is 0 Å². The van der Waals surface area contributed by atoms with Crippen LogP contribution in [0.15, 0.2) is 200 Å². The number of hydrogen-bond acceptors (Lipinski definition) is 1. The molecule has 0 N–H and O–H groups in total. The Kier molecular flexibility index (Phi) is 11.4. The molecule has 0 amide bonds. The highest BCUT2D eigenvalue weighted by Crippen LogP contribution is 2.48. The fourth-order valence-corrected chi connectivity index (χ4v) is 10.7. The molecule has 0 aliphatic rings. The Hall–Kier alpha value is -9.13. The summed E-state index contributed by atoms with van der Waals surface area (Å²) in [6.45, 7) is 8.00. The van der Waals surface area contributed by atoms with E-state index in [0.717, 1.165) is 100 Å². The van der Waals surface area contributed by atoms with E-state index in [0.29, 0.717) is 22.1 Å². The van der Waals surface area contributed by atoms with Crippen molar-refractivity contribution in [2.24, 2.45) is 0 Å². The summed E-state index contributed by atoms with van der Waals surface area (Å²) in [5.41, 5.74) is 11.1. The maximum absolute atomic E-state index is 15.3. The van der Waals surface area contributed by atoms with E-state index in [1.54, 1.807) is 12.1 Å². The van der Waals surface area contributed by atoms with E-state index < -0.39 is 23.5 Å². The minimum atomic E-state index is -5.17. The van der Waals surface area contributed by atoms with Gasteiger partial charge in [0.1, 0.15) is 0 Å². The fourth-order valence-electron chi connectivity index (χ4n) is 10.7. The number of halogens is 6. The summed E-state index contributed by atoms with van der Waals surface area (Å²) in [4.78, 5) is 0. The van der Waals surface area contributed by atoms with Crippen molar-refractivity contribution in [3.8, 4) is 73.1 Å². The van der Waals surface area contributed by atoms with Crippen LogP contribution in [0, 0.1) is 39.0 Å². The number of benzene rings is 10. The molecule has 2 heterocycles. The number of nitrogens with zero attached hydrogens (tertiary/aromatic N) is 3. The van der Waals surface area contributed by atoms with E-state index in [2.05, 4.69) is 6.07 Å². The Bertz CT molecular complexity index is 3850. The van der Waals surface area contributed by atoms with Crippen LogP contribution in [0.5, 0.6) is 0 Å². The predicted molar refractivity (Wildman–Crippen MR) is 296 cm³/mol. The molecule has 12 aromatic rings. The maximum atomic E-state index is 15.3. The van der Waals surface area contributed by atoms with Crippen LogP contribution in [-0.4, -0.2) is 9.13 Å². The lowest BCUT2D eigenvalue weighted by Gasteiger charge is -2.23. The first-order valence-electron chi connectivity index (χ1n) is 24.8. The summed E-state index contributed by atoms with van der Waals surface area (Å²) in [5, 5.41) is 14.4. The van der Waals surface area contributed by atoms with Gasteiger partial charge in [0, 0.05) is 27.1 Å². The van der Waals surface area contributed by atoms with Gasteiger partial charge < -0.3 is 9.13 Å². The van der Waals surface area contributed by atoms with Crippen molar-refractivity contribution in [1.82, 2.24) is 9.13 Å². The van der Waals surface area contributed by atoms with Gasteiger partial charge in [0.25, 0.3) is 0 Å². The maximum Gasteiger partial charge on any atom is 0.416 e. The average Bonchev–Trinajstić information content (AvgIpc) is 3.95. The zero-order valence-corrected chi connectivity index (χ0v) is 41.7. The first kappa shape index (κ1) is 47.8. The van der Waals surface area contributed by atoms with Gasteiger partial charge in [0.2, 0.25) is 0 Å². The second-order valence-corrected chi connectivity index (χ2v) is 19.9. The van der Waals surface area contributed by atoms with Crippen molar-refractivity contribution < 1.29 is 26.3 Å². The lowest BCUT2D eigenvalue weighted by molar-refractivity contribution is -0.143. The van der Waals surface area contributed by atoms with Crippen molar-refractivity contribution in [3.63, 3.8) is 0 Å². The van der Waals surface area contributed by atoms with Gasteiger partial charge in [-0.2, -0.15) is 31.6 Å². The van der Waals surface area contributed by atoms with Gasteiger partial charge in [-0.05, 0) is 132 Å². The van der Waals surface area contributed by atoms with Crippen LogP contribution >= 0.6 is 0 Å². The van der Waals surface area contributed by atoms with E-state index in [4.69, 9.17) is 0 Å². The normalized spacial score (nSPS) is 12.1. The van der Waals surface area contributed by atoms with Gasteiger partial charge in [-0.1, -0.05) is 168 Å². The third-order valence-electron chi connectivity index (χ3n) is 14.7. The first-order valence-corrected chi connectivity index (χ1v) is 24.8. The zero-order valence-electron chi connectivity index (χ0n) is 41.7. The third-order valence-corrected chi connectivity index (χ3v) is 14.7. The molecule has 0 bridgehead atoms. The second kappa shape index (κ2) is 18.1. The fraction of sp³-hybridized carbons (Fsp3) is 0.0896. The van der Waals surface area contributed by atoms with Crippen LogP contribution in [-0.2, 0) is 12.4 Å². The van der Waals surface area contributed by atoms with Gasteiger partial charge >= 0.3 is 12.4 Å². The summed E-state index contributed by atoms with van der Waals surface area (Å²) in [5.74, 6) is 0. The summed E-state index contributed by atoms with van der Waals surface area (Å²) < 4.78 is 95.3. The quantitative estimate of drug-likeness (QED) is 0.147. The van der Waals surface area contributed by atoms with Crippen LogP contribution in [0.3, 0.4) is 0 Å². The molecule has 9 heteroatoms. The first-order chi connectivity index (χ1) is 36.5. The number of rotatable bonds is 7. The highest BCUT2D eigenvalue weighted by molar-refractivity contribution is 6.14. The van der Waals surface area contributed by atoms with E-state index in [-0.39, 0.29) is 34.1 Å². The monoisotopic (exact) mass is 1010 g/mol. The van der Waals surface area contributed by atoms with Crippen molar-refractivity contribution in [2.75, 3.05) is 0 Å². The molecule has 370 valence electrons. The van der Waals surface area contributed by atoms with Crippen molar-refractivity contribution in [1.29, 1.82) is 5.26 Å². The van der Waals surface area contributed by atoms with Crippen LogP contribution in [0.2, 0.25) is 0 Å².